The molecule has 1 aliphatic rings. The molecule has 1 fully saturated rings. The second-order valence-corrected chi connectivity index (χ2v) is 10.1. The molecule has 0 atom stereocenters. The van der Waals surface area contributed by atoms with Crippen LogP contribution in [-0.2, 0) is 17.8 Å². The fraction of sp³-hybridized carbons (Fsp3) is 0.333. The van der Waals surface area contributed by atoms with Gasteiger partial charge in [-0.2, -0.15) is 0 Å². The Morgan fingerprint density at radius 3 is 2.05 bits per heavy atom. The SMILES string of the molecule is CCCc1ccc(C#Cc2ccc(CN(C(=O)CCC3CCCC3)c3ccc(C(=O)O)c(O)c3)cc2)cc1. The fourth-order valence-corrected chi connectivity index (χ4v) is 5.02. The van der Waals surface area contributed by atoms with Gasteiger partial charge in [0.1, 0.15) is 11.3 Å². The van der Waals surface area contributed by atoms with E-state index in [0.29, 0.717) is 24.6 Å². The molecule has 0 spiro atoms. The Hall–Kier alpha value is -4.04. The molecule has 5 nitrogen and oxygen atoms in total. The smallest absolute Gasteiger partial charge is 0.339 e. The van der Waals surface area contributed by atoms with Crippen molar-refractivity contribution >= 4 is 17.6 Å². The Kier molecular flexibility index (Phi) is 9.21. The summed E-state index contributed by atoms with van der Waals surface area (Å²) in [5, 5.41) is 19.5. The highest BCUT2D eigenvalue weighted by molar-refractivity contribution is 5.96. The average Bonchev–Trinajstić information content (AvgIpc) is 3.44. The third-order valence-electron chi connectivity index (χ3n) is 7.20. The molecule has 1 amide bonds. The summed E-state index contributed by atoms with van der Waals surface area (Å²) in [5.74, 6) is 5.41. The van der Waals surface area contributed by atoms with Gasteiger partial charge in [-0.3, -0.25) is 4.79 Å². The van der Waals surface area contributed by atoms with Crippen LogP contribution in [0.3, 0.4) is 0 Å². The van der Waals surface area contributed by atoms with Crippen LogP contribution >= 0.6 is 0 Å². The maximum Gasteiger partial charge on any atom is 0.339 e. The first kappa shape index (κ1) is 27.0. The normalized spacial score (nSPS) is 13.1. The summed E-state index contributed by atoms with van der Waals surface area (Å²) >= 11 is 0. The highest BCUT2D eigenvalue weighted by Crippen LogP contribution is 2.31. The van der Waals surface area contributed by atoms with Crippen molar-refractivity contribution in [3.8, 4) is 17.6 Å². The van der Waals surface area contributed by atoms with Crippen LogP contribution in [0, 0.1) is 17.8 Å². The van der Waals surface area contributed by atoms with Crippen molar-refractivity contribution in [1.82, 2.24) is 0 Å². The molecule has 0 unspecified atom stereocenters. The van der Waals surface area contributed by atoms with E-state index in [2.05, 4.69) is 30.9 Å². The lowest BCUT2D eigenvalue weighted by molar-refractivity contribution is -0.119. The first-order valence-corrected chi connectivity index (χ1v) is 13.5. The van der Waals surface area contributed by atoms with Crippen LogP contribution in [0.2, 0.25) is 0 Å². The quantitative estimate of drug-likeness (QED) is 0.306. The molecule has 2 N–H and O–H groups in total. The standard InChI is InChI=1S/C33H35NO4/c1-2-5-24-8-10-26(11-9-24)12-13-27-14-16-28(17-15-27)23-34(32(36)21-18-25-6-3-4-7-25)29-19-20-30(33(37)38)31(35)22-29/h8-11,14-17,19-20,22,25,35H,2-7,18,21,23H2,1H3,(H,37,38). The van der Waals surface area contributed by atoms with Crippen LogP contribution < -0.4 is 4.90 Å². The number of carbonyl (C=O) groups excluding carboxylic acids is 1. The van der Waals surface area contributed by atoms with Crippen molar-refractivity contribution in [3.05, 3.63) is 94.5 Å². The van der Waals surface area contributed by atoms with Gasteiger partial charge in [0, 0.05) is 29.3 Å². The van der Waals surface area contributed by atoms with Gasteiger partial charge in [-0.15, -0.1) is 0 Å². The van der Waals surface area contributed by atoms with Crippen LogP contribution in [0.5, 0.6) is 5.75 Å². The number of carboxylic acid groups (broad SMARTS) is 1. The fourth-order valence-electron chi connectivity index (χ4n) is 5.02. The molecule has 1 saturated carbocycles. The van der Waals surface area contributed by atoms with Gasteiger partial charge in [0.25, 0.3) is 0 Å². The van der Waals surface area contributed by atoms with Gasteiger partial charge in [-0.25, -0.2) is 4.79 Å². The summed E-state index contributed by atoms with van der Waals surface area (Å²) < 4.78 is 0. The number of benzene rings is 3. The van der Waals surface area contributed by atoms with Crippen LogP contribution in [-0.4, -0.2) is 22.1 Å². The molecule has 38 heavy (non-hydrogen) atoms. The first-order valence-electron chi connectivity index (χ1n) is 13.5. The van der Waals surface area contributed by atoms with E-state index in [9.17, 15) is 19.8 Å². The minimum atomic E-state index is -1.21. The molecule has 0 bridgehead atoms. The molecule has 1 aliphatic carbocycles. The molecule has 0 aliphatic heterocycles. The van der Waals surface area contributed by atoms with Crippen molar-refractivity contribution in [3.63, 3.8) is 0 Å². The Bertz CT molecular complexity index is 1310. The molecule has 196 valence electrons. The molecule has 0 aromatic heterocycles. The topological polar surface area (TPSA) is 77.8 Å². The van der Waals surface area contributed by atoms with E-state index in [4.69, 9.17) is 0 Å². The molecule has 3 aromatic carbocycles. The van der Waals surface area contributed by atoms with E-state index in [1.807, 2.05) is 36.4 Å². The van der Waals surface area contributed by atoms with E-state index in [0.717, 1.165) is 36.0 Å². The lowest BCUT2D eigenvalue weighted by atomic mass is 10.0. The van der Waals surface area contributed by atoms with Crippen molar-refractivity contribution in [2.75, 3.05) is 4.90 Å². The molecule has 5 heteroatoms. The number of amides is 1. The molecule has 0 heterocycles. The van der Waals surface area contributed by atoms with Crippen molar-refractivity contribution in [2.45, 2.75) is 64.8 Å². The predicted molar refractivity (Wildman–Crippen MR) is 150 cm³/mol. The largest absolute Gasteiger partial charge is 0.507 e. The maximum atomic E-state index is 13.3. The molecular formula is C33H35NO4. The van der Waals surface area contributed by atoms with Gasteiger partial charge in [0.05, 0.1) is 6.54 Å². The minimum Gasteiger partial charge on any atom is -0.507 e. The second-order valence-electron chi connectivity index (χ2n) is 10.1. The Morgan fingerprint density at radius 1 is 0.895 bits per heavy atom. The van der Waals surface area contributed by atoms with Gasteiger partial charge in [0.2, 0.25) is 5.91 Å². The van der Waals surface area contributed by atoms with Gasteiger partial charge < -0.3 is 15.1 Å². The van der Waals surface area contributed by atoms with Crippen LogP contribution in [0.4, 0.5) is 5.69 Å². The van der Waals surface area contributed by atoms with Crippen molar-refractivity contribution < 1.29 is 19.8 Å². The Labute approximate surface area is 225 Å². The zero-order valence-electron chi connectivity index (χ0n) is 22.0. The van der Waals surface area contributed by atoms with Crippen LogP contribution in [0.25, 0.3) is 0 Å². The number of aromatic hydroxyl groups is 1. The average molecular weight is 510 g/mol. The maximum absolute atomic E-state index is 13.3. The van der Waals surface area contributed by atoms with E-state index >= 15 is 0 Å². The number of carbonyl (C=O) groups is 2. The van der Waals surface area contributed by atoms with E-state index < -0.39 is 5.97 Å². The van der Waals surface area contributed by atoms with E-state index in [-0.39, 0.29) is 17.2 Å². The number of aromatic carboxylic acids is 1. The summed E-state index contributed by atoms with van der Waals surface area (Å²) in [5.41, 5.74) is 4.40. The lowest BCUT2D eigenvalue weighted by Crippen LogP contribution is -2.30. The van der Waals surface area contributed by atoms with Gasteiger partial charge in [-0.05, 0) is 66.3 Å². The number of nitrogens with zero attached hydrogens (tertiary/aromatic N) is 1. The van der Waals surface area contributed by atoms with Gasteiger partial charge in [0.15, 0.2) is 0 Å². The Balaban J connectivity index is 1.49. The Morgan fingerprint density at radius 2 is 1.50 bits per heavy atom. The molecule has 3 aromatic rings. The first-order chi connectivity index (χ1) is 18.4. The summed E-state index contributed by atoms with van der Waals surface area (Å²) in [4.78, 5) is 26.3. The number of rotatable bonds is 9. The number of aryl methyl sites for hydroxylation is 1. The summed E-state index contributed by atoms with van der Waals surface area (Å²) in [7, 11) is 0. The van der Waals surface area contributed by atoms with E-state index in [1.54, 1.807) is 11.0 Å². The predicted octanol–water partition coefficient (Wildman–Crippen LogP) is 6.95. The summed E-state index contributed by atoms with van der Waals surface area (Å²) in [6.07, 6.45) is 8.27. The highest BCUT2D eigenvalue weighted by Gasteiger charge is 2.22. The van der Waals surface area contributed by atoms with Crippen LogP contribution in [0.1, 0.15) is 84.5 Å². The number of hydrogen-bond acceptors (Lipinski definition) is 3. The zero-order chi connectivity index (χ0) is 26.9. The molecule has 0 radical (unpaired) electrons. The molecule has 0 saturated heterocycles. The highest BCUT2D eigenvalue weighted by atomic mass is 16.4. The zero-order valence-corrected chi connectivity index (χ0v) is 22.0. The number of phenols is 1. The lowest BCUT2D eigenvalue weighted by Gasteiger charge is -2.24. The van der Waals surface area contributed by atoms with Crippen molar-refractivity contribution in [2.24, 2.45) is 5.92 Å². The number of anilines is 1. The number of carboxylic acids is 1. The summed E-state index contributed by atoms with van der Waals surface area (Å²) in [6, 6.07) is 20.4. The monoisotopic (exact) mass is 509 g/mol. The summed E-state index contributed by atoms with van der Waals surface area (Å²) in [6.45, 7) is 2.49. The van der Waals surface area contributed by atoms with Gasteiger partial charge in [-0.1, -0.05) is 75.1 Å². The second kappa shape index (κ2) is 13.0. The molecular weight excluding hydrogens is 474 g/mol. The van der Waals surface area contributed by atoms with Crippen molar-refractivity contribution in [1.29, 1.82) is 0 Å². The van der Waals surface area contributed by atoms with Crippen LogP contribution in [0.15, 0.2) is 66.7 Å². The van der Waals surface area contributed by atoms with Gasteiger partial charge >= 0.3 is 5.97 Å². The third-order valence-corrected chi connectivity index (χ3v) is 7.20. The molecule has 4 rings (SSSR count). The number of hydrogen-bond donors (Lipinski definition) is 2. The van der Waals surface area contributed by atoms with E-state index in [1.165, 1.54) is 43.4 Å². The minimum absolute atomic E-state index is 0.0326. The third kappa shape index (κ3) is 7.26.